The molecular formula is C10H20N2O2. The van der Waals surface area contributed by atoms with Crippen LogP contribution in [0.2, 0.25) is 0 Å². The summed E-state index contributed by atoms with van der Waals surface area (Å²) >= 11 is 0. The van der Waals surface area contributed by atoms with E-state index in [9.17, 15) is 9.59 Å². The first-order valence-electron chi connectivity index (χ1n) is 4.93. The predicted molar refractivity (Wildman–Crippen MR) is 55.8 cm³/mol. The first-order chi connectivity index (χ1) is 6.40. The fraction of sp³-hybridized carbons (Fsp3) is 0.800. The summed E-state index contributed by atoms with van der Waals surface area (Å²) in [5.74, 6) is -0.0423. The van der Waals surface area contributed by atoms with Crippen molar-refractivity contribution in [1.29, 1.82) is 0 Å². The van der Waals surface area contributed by atoms with Gasteiger partial charge in [0, 0.05) is 25.4 Å². The SMILES string of the molecule is CCC(C)(C)C(=O)NCCNC(C)=O. The monoisotopic (exact) mass is 200 g/mol. The number of hydrogen-bond donors (Lipinski definition) is 2. The third-order valence-corrected chi connectivity index (χ3v) is 2.28. The predicted octanol–water partition coefficient (Wildman–Crippen LogP) is 0.675. The molecule has 4 heteroatoms. The van der Waals surface area contributed by atoms with E-state index in [-0.39, 0.29) is 17.2 Å². The van der Waals surface area contributed by atoms with Crippen molar-refractivity contribution in [2.75, 3.05) is 13.1 Å². The zero-order chi connectivity index (χ0) is 11.2. The van der Waals surface area contributed by atoms with Crippen molar-refractivity contribution in [1.82, 2.24) is 10.6 Å². The zero-order valence-electron chi connectivity index (χ0n) is 9.44. The standard InChI is InChI=1S/C10H20N2O2/c1-5-10(3,4)9(14)12-7-6-11-8(2)13/h5-7H2,1-4H3,(H,11,13)(H,12,14). The summed E-state index contributed by atoms with van der Waals surface area (Å²) in [4.78, 5) is 22.0. The molecule has 0 aliphatic rings. The van der Waals surface area contributed by atoms with Crippen LogP contribution in [0.5, 0.6) is 0 Å². The second kappa shape index (κ2) is 5.62. The third kappa shape index (κ3) is 4.84. The molecule has 0 rings (SSSR count). The van der Waals surface area contributed by atoms with Crippen molar-refractivity contribution in [3.63, 3.8) is 0 Å². The lowest BCUT2D eigenvalue weighted by atomic mass is 9.89. The van der Waals surface area contributed by atoms with Crippen molar-refractivity contribution in [3.05, 3.63) is 0 Å². The van der Waals surface area contributed by atoms with Gasteiger partial charge < -0.3 is 10.6 Å². The fourth-order valence-electron chi connectivity index (χ4n) is 0.814. The van der Waals surface area contributed by atoms with E-state index >= 15 is 0 Å². The molecule has 2 amide bonds. The van der Waals surface area contributed by atoms with Gasteiger partial charge in [-0.05, 0) is 6.42 Å². The molecule has 0 aliphatic heterocycles. The maximum absolute atomic E-state index is 11.5. The smallest absolute Gasteiger partial charge is 0.225 e. The maximum Gasteiger partial charge on any atom is 0.225 e. The Kier molecular flexibility index (Phi) is 5.20. The summed E-state index contributed by atoms with van der Waals surface area (Å²) in [7, 11) is 0. The van der Waals surface area contributed by atoms with Gasteiger partial charge in [0.1, 0.15) is 0 Å². The van der Waals surface area contributed by atoms with Crippen LogP contribution < -0.4 is 10.6 Å². The number of nitrogens with one attached hydrogen (secondary N) is 2. The van der Waals surface area contributed by atoms with Gasteiger partial charge in [-0.3, -0.25) is 9.59 Å². The molecule has 2 N–H and O–H groups in total. The highest BCUT2D eigenvalue weighted by Crippen LogP contribution is 2.18. The molecule has 0 aromatic rings. The molecule has 0 aromatic heterocycles. The molecule has 82 valence electrons. The minimum atomic E-state index is -0.323. The lowest BCUT2D eigenvalue weighted by molar-refractivity contribution is -0.129. The van der Waals surface area contributed by atoms with Crippen molar-refractivity contribution < 1.29 is 9.59 Å². The van der Waals surface area contributed by atoms with Gasteiger partial charge >= 0.3 is 0 Å². The van der Waals surface area contributed by atoms with E-state index in [1.165, 1.54) is 6.92 Å². The summed E-state index contributed by atoms with van der Waals surface area (Å²) in [5.41, 5.74) is -0.323. The molecule has 0 fully saturated rings. The van der Waals surface area contributed by atoms with Gasteiger partial charge in [-0.15, -0.1) is 0 Å². The van der Waals surface area contributed by atoms with Gasteiger partial charge in [-0.2, -0.15) is 0 Å². The van der Waals surface area contributed by atoms with Gasteiger partial charge in [0.2, 0.25) is 11.8 Å². The first-order valence-corrected chi connectivity index (χ1v) is 4.93. The van der Waals surface area contributed by atoms with E-state index in [1.807, 2.05) is 20.8 Å². The van der Waals surface area contributed by atoms with E-state index in [4.69, 9.17) is 0 Å². The number of hydrogen-bond acceptors (Lipinski definition) is 2. The largest absolute Gasteiger partial charge is 0.355 e. The average Bonchev–Trinajstić information content (AvgIpc) is 2.11. The Bertz CT molecular complexity index is 212. The van der Waals surface area contributed by atoms with E-state index in [0.717, 1.165) is 6.42 Å². The zero-order valence-corrected chi connectivity index (χ0v) is 9.44. The molecule has 0 unspecified atom stereocenters. The Hall–Kier alpha value is -1.06. The van der Waals surface area contributed by atoms with Crippen LogP contribution in [0.3, 0.4) is 0 Å². The molecular weight excluding hydrogens is 180 g/mol. The molecule has 0 saturated heterocycles. The lowest BCUT2D eigenvalue weighted by Gasteiger charge is -2.21. The molecule has 0 atom stereocenters. The molecule has 0 spiro atoms. The number of carbonyl (C=O) groups is 2. The molecule has 0 bridgehead atoms. The van der Waals surface area contributed by atoms with Crippen LogP contribution in [0.4, 0.5) is 0 Å². The summed E-state index contributed by atoms with van der Waals surface area (Å²) in [5, 5.41) is 5.39. The maximum atomic E-state index is 11.5. The molecule has 14 heavy (non-hydrogen) atoms. The highest BCUT2D eigenvalue weighted by molar-refractivity contribution is 5.81. The molecule has 0 aromatic carbocycles. The second-order valence-electron chi connectivity index (χ2n) is 3.98. The highest BCUT2D eigenvalue weighted by atomic mass is 16.2. The topological polar surface area (TPSA) is 58.2 Å². The van der Waals surface area contributed by atoms with E-state index in [1.54, 1.807) is 0 Å². The van der Waals surface area contributed by atoms with Gasteiger partial charge in [0.05, 0.1) is 0 Å². The molecule has 0 saturated carbocycles. The highest BCUT2D eigenvalue weighted by Gasteiger charge is 2.24. The second-order valence-corrected chi connectivity index (χ2v) is 3.98. The van der Waals surface area contributed by atoms with Gasteiger partial charge in [0.15, 0.2) is 0 Å². The van der Waals surface area contributed by atoms with Crippen LogP contribution >= 0.6 is 0 Å². The normalized spacial score (nSPS) is 10.9. The van der Waals surface area contributed by atoms with Crippen molar-refractivity contribution in [2.24, 2.45) is 5.41 Å². The Balaban J connectivity index is 3.70. The fourth-order valence-corrected chi connectivity index (χ4v) is 0.814. The molecule has 0 radical (unpaired) electrons. The van der Waals surface area contributed by atoms with Crippen molar-refractivity contribution in [2.45, 2.75) is 34.1 Å². The Labute approximate surface area is 85.4 Å². The molecule has 0 heterocycles. The van der Waals surface area contributed by atoms with Crippen molar-refractivity contribution in [3.8, 4) is 0 Å². The minimum Gasteiger partial charge on any atom is -0.355 e. The van der Waals surface area contributed by atoms with Crippen LogP contribution in [0.1, 0.15) is 34.1 Å². The summed E-state index contributed by atoms with van der Waals surface area (Å²) < 4.78 is 0. The average molecular weight is 200 g/mol. The summed E-state index contributed by atoms with van der Waals surface area (Å²) in [6, 6.07) is 0. The van der Waals surface area contributed by atoms with Gasteiger partial charge in [-0.1, -0.05) is 20.8 Å². The van der Waals surface area contributed by atoms with Crippen LogP contribution in [-0.4, -0.2) is 24.9 Å². The van der Waals surface area contributed by atoms with Crippen LogP contribution in [-0.2, 0) is 9.59 Å². The van der Waals surface area contributed by atoms with Crippen LogP contribution in [0.15, 0.2) is 0 Å². The summed E-state index contributed by atoms with van der Waals surface area (Å²) in [6.45, 7) is 8.22. The Morgan fingerprint density at radius 1 is 1.14 bits per heavy atom. The number of carbonyl (C=O) groups excluding carboxylic acids is 2. The first kappa shape index (κ1) is 12.9. The number of amides is 2. The lowest BCUT2D eigenvalue weighted by Crippen LogP contribution is -2.40. The van der Waals surface area contributed by atoms with Gasteiger partial charge in [-0.25, -0.2) is 0 Å². The summed E-state index contributed by atoms with van der Waals surface area (Å²) in [6.07, 6.45) is 0.805. The quantitative estimate of drug-likeness (QED) is 0.641. The van der Waals surface area contributed by atoms with Crippen LogP contribution in [0, 0.1) is 5.41 Å². The third-order valence-electron chi connectivity index (χ3n) is 2.28. The van der Waals surface area contributed by atoms with E-state index in [0.29, 0.717) is 13.1 Å². The molecule has 0 aliphatic carbocycles. The van der Waals surface area contributed by atoms with E-state index in [2.05, 4.69) is 10.6 Å². The molecule has 4 nitrogen and oxygen atoms in total. The number of rotatable bonds is 5. The minimum absolute atomic E-state index is 0.0327. The van der Waals surface area contributed by atoms with Crippen LogP contribution in [0.25, 0.3) is 0 Å². The van der Waals surface area contributed by atoms with Crippen molar-refractivity contribution >= 4 is 11.8 Å². The van der Waals surface area contributed by atoms with E-state index < -0.39 is 0 Å². The Morgan fingerprint density at radius 2 is 1.64 bits per heavy atom. The Morgan fingerprint density at radius 3 is 2.07 bits per heavy atom. The van der Waals surface area contributed by atoms with Gasteiger partial charge in [0.25, 0.3) is 0 Å².